The first-order chi connectivity index (χ1) is 24.5. The predicted octanol–water partition coefficient (Wildman–Crippen LogP) is 6.32. The molecule has 10 nitrogen and oxygen atoms in total. The van der Waals surface area contributed by atoms with Gasteiger partial charge >= 0.3 is 0 Å². The maximum atomic E-state index is 16.0. The molecule has 3 amide bonds. The van der Waals surface area contributed by atoms with Gasteiger partial charge in [-0.25, -0.2) is 4.39 Å². The lowest BCUT2D eigenvalue weighted by Gasteiger charge is -2.33. The Balaban J connectivity index is 1.20. The second-order valence-electron chi connectivity index (χ2n) is 14.0. The van der Waals surface area contributed by atoms with Crippen LogP contribution in [0, 0.1) is 11.8 Å². The third-order valence-electron chi connectivity index (χ3n) is 10.6. The molecule has 11 heteroatoms. The van der Waals surface area contributed by atoms with Crippen LogP contribution in [-0.2, 0) is 31.3 Å². The van der Waals surface area contributed by atoms with Gasteiger partial charge < -0.3 is 24.2 Å². The van der Waals surface area contributed by atoms with E-state index < -0.39 is 29.2 Å². The highest BCUT2D eigenvalue weighted by Crippen LogP contribution is 2.59. The van der Waals surface area contributed by atoms with Crippen LogP contribution in [0.4, 0.5) is 32.8 Å². The lowest BCUT2D eigenvalue weighted by Crippen LogP contribution is -2.45. The number of benzene rings is 4. The van der Waals surface area contributed by atoms with Crippen LogP contribution >= 0.6 is 0 Å². The molecule has 1 N–H and O–H groups in total. The molecule has 4 heterocycles. The van der Waals surface area contributed by atoms with Crippen molar-refractivity contribution < 1.29 is 38.1 Å². The zero-order valence-corrected chi connectivity index (χ0v) is 28.5. The van der Waals surface area contributed by atoms with Crippen molar-refractivity contribution in [1.82, 2.24) is 0 Å². The Labute approximate surface area is 294 Å². The Hall–Kier alpha value is -5.26. The van der Waals surface area contributed by atoms with Gasteiger partial charge in [-0.15, -0.1) is 0 Å². The van der Waals surface area contributed by atoms with Gasteiger partial charge in [-0.3, -0.25) is 24.2 Å². The molecule has 1 saturated heterocycles. The van der Waals surface area contributed by atoms with Crippen molar-refractivity contribution in [2.75, 3.05) is 34.5 Å². The van der Waals surface area contributed by atoms with Crippen molar-refractivity contribution >= 4 is 46.2 Å². The number of alkyl halides is 1. The number of carbonyl (C=O) groups excluding carboxylic acids is 3. The SMILES string of the molecule is C[C@H]1[C@H](C(C)(C)F)[C@@H](CCO)O[C@]12C(=O)N(Cc1ccc(N3C(=O)COc4ccccc43)cc1)c1ccc(N3C(=O)COc4ccccc43)cc12. The van der Waals surface area contributed by atoms with Crippen molar-refractivity contribution in [3.63, 3.8) is 0 Å². The zero-order valence-electron chi connectivity index (χ0n) is 28.5. The highest BCUT2D eigenvalue weighted by molar-refractivity contribution is 6.10. The van der Waals surface area contributed by atoms with Crippen LogP contribution in [0.15, 0.2) is 91.0 Å². The molecule has 262 valence electrons. The van der Waals surface area contributed by atoms with E-state index in [1.54, 1.807) is 39.0 Å². The lowest BCUT2D eigenvalue weighted by molar-refractivity contribution is -0.146. The molecule has 1 spiro atoms. The van der Waals surface area contributed by atoms with Gasteiger partial charge in [-0.2, -0.15) is 0 Å². The molecule has 1 fully saturated rings. The Morgan fingerprint density at radius 3 is 1.96 bits per heavy atom. The minimum atomic E-state index is -1.72. The van der Waals surface area contributed by atoms with E-state index in [-0.39, 0.29) is 50.5 Å². The van der Waals surface area contributed by atoms with Crippen LogP contribution in [-0.4, -0.2) is 54.4 Å². The molecule has 0 saturated carbocycles. The van der Waals surface area contributed by atoms with Crippen LogP contribution in [0.5, 0.6) is 11.5 Å². The molecule has 4 aliphatic heterocycles. The van der Waals surface area contributed by atoms with Crippen molar-refractivity contribution in [3.05, 3.63) is 102 Å². The molecular formula is C40H38FN3O7. The Bertz CT molecular complexity index is 2050. The molecule has 0 unspecified atom stereocenters. The monoisotopic (exact) mass is 691 g/mol. The van der Waals surface area contributed by atoms with Crippen LogP contribution < -0.4 is 24.2 Å². The minimum Gasteiger partial charge on any atom is -0.482 e. The van der Waals surface area contributed by atoms with Gasteiger partial charge in [0, 0.05) is 35.4 Å². The average Bonchev–Trinajstić information content (AvgIpc) is 3.54. The lowest BCUT2D eigenvalue weighted by atomic mass is 9.71. The maximum Gasteiger partial charge on any atom is 0.269 e. The van der Waals surface area contributed by atoms with E-state index in [1.165, 1.54) is 13.8 Å². The topological polar surface area (TPSA) is 109 Å². The zero-order chi connectivity index (χ0) is 35.7. The molecule has 8 rings (SSSR count). The van der Waals surface area contributed by atoms with Crippen molar-refractivity contribution in [1.29, 1.82) is 0 Å². The van der Waals surface area contributed by atoms with Gasteiger partial charge in [-0.1, -0.05) is 43.3 Å². The molecule has 51 heavy (non-hydrogen) atoms. The average molecular weight is 692 g/mol. The summed E-state index contributed by atoms with van der Waals surface area (Å²) in [5, 5.41) is 9.97. The summed E-state index contributed by atoms with van der Waals surface area (Å²) in [7, 11) is 0. The summed E-state index contributed by atoms with van der Waals surface area (Å²) in [5.74, 6) is -0.958. The number of ether oxygens (including phenoxy) is 3. The second-order valence-corrected chi connectivity index (χ2v) is 14.0. The van der Waals surface area contributed by atoms with E-state index in [9.17, 15) is 19.5 Å². The summed E-state index contributed by atoms with van der Waals surface area (Å²) in [6, 6.07) is 27.4. The first-order valence-corrected chi connectivity index (χ1v) is 17.2. The quantitative estimate of drug-likeness (QED) is 0.242. The number of rotatable bonds is 7. The highest BCUT2D eigenvalue weighted by atomic mass is 19.1. The van der Waals surface area contributed by atoms with Gasteiger partial charge in [0.1, 0.15) is 17.2 Å². The number of amides is 3. The molecule has 0 radical (unpaired) electrons. The summed E-state index contributed by atoms with van der Waals surface area (Å²) in [4.78, 5) is 46.0. The number of nitrogens with zero attached hydrogens (tertiary/aromatic N) is 3. The van der Waals surface area contributed by atoms with Crippen LogP contribution in [0.1, 0.15) is 38.3 Å². The molecule has 0 aromatic heterocycles. The Morgan fingerprint density at radius 1 is 0.804 bits per heavy atom. The van der Waals surface area contributed by atoms with E-state index in [0.717, 1.165) is 5.56 Å². The number of hydrogen-bond acceptors (Lipinski definition) is 7. The van der Waals surface area contributed by atoms with Crippen molar-refractivity contribution in [2.24, 2.45) is 11.8 Å². The largest absolute Gasteiger partial charge is 0.482 e. The molecule has 4 aliphatic rings. The molecular weight excluding hydrogens is 653 g/mol. The number of anilines is 5. The summed E-state index contributed by atoms with van der Waals surface area (Å²) >= 11 is 0. The van der Waals surface area contributed by atoms with Crippen LogP contribution in [0.25, 0.3) is 0 Å². The van der Waals surface area contributed by atoms with Crippen molar-refractivity contribution in [3.8, 4) is 11.5 Å². The summed E-state index contributed by atoms with van der Waals surface area (Å²) < 4.78 is 34.0. The summed E-state index contributed by atoms with van der Waals surface area (Å²) in [6.45, 7) is 4.52. The summed E-state index contributed by atoms with van der Waals surface area (Å²) in [6.07, 6.45) is -0.573. The van der Waals surface area contributed by atoms with E-state index in [4.69, 9.17) is 14.2 Å². The van der Waals surface area contributed by atoms with E-state index in [1.807, 2.05) is 73.7 Å². The smallest absolute Gasteiger partial charge is 0.269 e. The van der Waals surface area contributed by atoms with Gasteiger partial charge in [0.05, 0.1) is 29.7 Å². The first-order valence-electron chi connectivity index (χ1n) is 17.2. The molecule has 0 bridgehead atoms. The fourth-order valence-electron chi connectivity index (χ4n) is 8.43. The van der Waals surface area contributed by atoms with Gasteiger partial charge in [0.25, 0.3) is 17.7 Å². The maximum absolute atomic E-state index is 16.0. The number of halogens is 1. The number of carbonyl (C=O) groups is 3. The second kappa shape index (κ2) is 12.2. The van der Waals surface area contributed by atoms with E-state index >= 15 is 4.39 Å². The molecule has 0 aliphatic carbocycles. The first kappa shape index (κ1) is 32.9. The number of aliphatic hydroxyl groups excluding tert-OH is 1. The number of para-hydroxylation sites is 4. The highest BCUT2D eigenvalue weighted by Gasteiger charge is 2.66. The third kappa shape index (κ3) is 5.17. The molecule has 4 atom stereocenters. The molecule has 4 aromatic carbocycles. The van der Waals surface area contributed by atoms with Crippen molar-refractivity contribution in [2.45, 2.75) is 51.1 Å². The minimum absolute atomic E-state index is 0.0737. The normalized spacial score (nSPS) is 24.0. The third-order valence-corrected chi connectivity index (χ3v) is 10.6. The number of fused-ring (bicyclic) bond motifs is 4. The Kier molecular flexibility index (Phi) is 7.88. The van der Waals surface area contributed by atoms with E-state index in [2.05, 4.69) is 0 Å². The predicted molar refractivity (Wildman–Crippen MR) is 188 cm³/mol. The van der Waals surface area contributed by atoms with Crippen LogP contribution in [0.3, 0.4) is 0 Å². The van der Waals surface area contributed by atoms with Crippen LogP contribution in [0.2, 0.25) is 0 Å². The standard InChI is InChI=1S/C40H38FN3O7/c1-24-37(39(2,3)41)34(18-19-45)51-40(24)28-20-27(44-31-9-5-7-11-33(31)50-23-36(44)47)16-17-29(28)42(38(40)48)21-25-12-14-26(15-13-25)43-30-8-4-6-10-32(30)49-22-35(43)46/h4-17,20,24,34,37,45H,18-19,21-23H2,1-3H3/t24-,34+,37-,40+/m0/s1. The fourth-order valence-corrected chi connectivity index (χ4v) is 8.43. The summed E-state index contributed by atoms with van der Waals surface area (Å²) in [5.41, 5.74) is 1.05. The number of aliphatic hydroxyl groups is 1. The van der Waals surface area contributed by atoms with Gasteiger partial charge in [-0.05, 0) is 80.4 Å². The Morgan fingerprint density at radius 2 is 1.37 bits per heavy atom. The number of hydrogen-bond donors (Lipinski definition) is 1. The fraction of sp³-hybridized carbons (Fsp3) is 0.325. The molecule has 4 aromatic rings. The van der Waals surface area contributed by atoms with Gasteiger partial charge in [0.2, 0.25) is 0 Å². The van der Waals surface area contributed by atoms with E-state index in [0.29, 0.717) is 45.5 Å². The van der Waals surface area contributed by atoms with Gasteiger partial charge in [0.15, 0.2) is 18.8 Å².